The van der Waals surface area contributed by atoms with E-state index in [0.717, 1.165) is 15.4 Å². The third-order valence-electron chi connectivity index (χ3n) is 2.47. The van der Waals surface area contributed by atoms with Gasteiger partial charge in [0.15, 0.2) is 0 Å². The predicted molar refractivity (Wildman–Crippen MR) is 67.1 cm³/mol. The summed E-state index contributed by atoms with van der Waals surface area (Å²) in [7, 11) is 0. The molecule has 0 saturated carbocycles. The molecule has 2 heterocycles. The Kier molecular flexibility index (Phi) is 2.44. The van der Waals surface area contributed by atoms with Crippen LogP contribution in [0.3, 0.4) is 0 Å². The lowest BCUT2D eigenvalue weighted by molar-refractivity contribution is 0.615. The summed E-state index contributed by atoms with van der Waals surface area (Å²) in [6.07, 6.45) is 1.68. The van der Waals surface area contributed by atoms with Crippen molar-refractivity contribution in [2.75, 3.05) is 0 Å². The molecule has 0 aliphatic carbocycles. The summed E-state index contributed by atoms with van der Waals surface area (Å²) in [5.74, 6) is 0.427. The summed E-state index contributed by atoms with van der Waals surface area (Å²) >= 11 is 3.35. The first-order chi connectivity index (χ1) is 8.22. The van der Waals surface area contributed by atoms with E-state index < -0.39 is 0 Å². The predicted octanol–water partition coefficient (Wildman–Crippen LogP) is 4.40. The van der Waals surface area contributed by atoms with E-state index in [1.807, 2.05) is 12.1 Å². The molecule has 1 aromatic carbocycles. The molecule has 0 N–H and O–H groups in total. The van der Waals surface area contributed by atoms with E-state index >= 15 is 0 Å². The molecule has 0 fully saturated rings. The summed E-state index contributed by atoms with van der Waals surface area (Å²) in [5.41, 5.74) is 1.41. The monoisotopic (exact) mass is 291 g/mol. The molecule has 0 aliphatic rings. The van der Waals surface area contributed by atoms with Gasteiger partial charge in [-0.2, -0.15) is 0 Å². The zero-order valence-electron chi connectivity index (χ0n) is 8.65. The molecule has 0 atom stereocenters. The van der Waals surface area contributed by atoms with E-state index in [1.54, 1.807) is 18.3 Å². The van der Waals surface area contributed by atoms with E-state index in [2.05, 4.69) is 20.9 Å². The molecule has 0 aliphatic heterocycles. The molecule has 3 rings (SSSR count). The molecular formula is C13H7BrFNO. The molecule has 0 bridgehead atoms. The van der Waals surface area contributed by atoms with Gasteiger partial charge in [0.2, 0.25) is 5.71 Å². The maximum atomic E-state index is 12.8. The van der Waals surface area contributed by atoms with Crippen LogP contribution in [-0.2, 0) is 0 Å². The molecule has 0 saturated heterocycles. The minimum absolute atomic E-state index is 0.259. The molecule has 84 valence electrons. The van der Waals surface area contributed by atoms with Crippen molar-refractivity contribution in [2.24, 2.45) is 0 Å². The summed E-state index contributed by atoms with van der Waals surface area (Å²) in [6.45, 7) is 0. The van der Waals surface area contributed by atoms with Gasteiger partial charge in [-0.15, -0.1) is 0 Å². The fraction of sp³-hybridized carbons (Fsp3) is 0. The number of halogens is 2. The van der Waals surface area contributed by atoms with Crippen molar-refractivity contribution in [2.45, 2.75) is 0 Å². The van der Waals surface area contributed by atoms with E-state index in [0.29, 0.717) is 11.5 Å². The molecular weight excluding hydrogens is 285 g/mol. The van der Waals surface area contributed by atoms with E-state index in [9.17, 15) is 4.39 Å². The van der Waals surface area contributed by atoms with Gasteiger partial charge in [0.25, 0.3) is 0 Å². The number of pyridine rings is 1. The molecule has 0 spiro atoms. The highest BCUT2D eigenvalue weighted by Crippen LogP contribution is 2.28. The van der Waals surface area contributed by atoms with Crippen LogP contribution in [0.15, 0.2) is 51.5 Å². The average molecular weight is 292 g/mol. The molecule has 3 aromatic rings. The highest BCUT2D eigenvalue weighted by atomic mass is 79.9. The van der Waals surface area contributed by atoms with Gasteiger partial charge in [-0.05, 0) is 52.3 Å². The number of fused-ring (bicyclic) bond motifs is 1. The lowest BCUT2D eigenvalue weighted by Crippen LogP contribution is -1.74. The van der Waals surface area contributed by atoms with Crippen LogP contribution in [0.4, 0.5) is 4.39 Å². The second-order valence-corrected chi connectivity index (χ2v) is 4.58. The van der Waals surface area contributed by atoms with Crippen LogP contribution in [0.1, 0.15) is 0 Å². The van der Waals surface area contributed by atoms with Gasteiger partial charge in [0.05, 0.1) is 0 Å². The topological polar surface area (TPSA) is 26.0 Å². The van der Waals surface area contributed by atoms with Gasteiger partial charge in [0.1, 0.15) is 11.6 Å². The molecule has 0 radical (unpaired) electrons. The van der Waals surface area contributed by atoms with Crippen LogP contribution < -0.4 is 0 Å². The molecule has 2 aromatic heterocycles. The van der Waals surface area contributed by atoms with Crippen LogP contribution in [0.2, 0.25) is 0 Å². The first-order valence-electron chi connectivity index (χ1n) is 5.03. The highest BCUT2D eigenvalue weighted by Gasteiger charge is 2.07. The number of furan rings is 1. The smallest absolute Gasteiger partial charge is 0.226 e. The van der Waals surface area contributed by atoms with Crippen LogP contribution in [-0.4, -0.2) is 4.98 Å². The quantitative estimate of drug-likeness (QED) is 0.664. The molecule has 0 unspecified atom stereocenters. The van der Waals surface area contributed by atoms with Gasteiger partial charge >= 0.3 is 0 Å². The fourth-order valence-electron chi connectivity index (χ4n) is 1.66. The van der Waals surface area contributed by atoms with Crippen LogP contribution >= 0.6 is 15.9 Å². The Bertz CT molecular complexity index is 675. The van der Waals surface area contributed by atoms with E-state index in [-0.39, 0.29) is 5.82 Å². The van der Waals surface area contributed by atoms with Gasteiger partial charge in [-0.25, -0.2) is 9.37 Å². The number of nitrogens with zero attached hydrogens (tertiary/aromatic N) is 1. The molecule has 2 nitrogen and oxygen atoms in total. The van der Waals surface area contributed by atoms with E-state index in [1.165, 1.54) is 12.1 Å². The maximum absolute atomic E-state index is 12.8. The Morgan fingerprint density at radius 3 is 2.65 bits per heavy atom. The fourth-order valence-corrected chi connectivity index (χ4v) is 2.01. The molecule has 0 amide bonds. The lowest BCUT2D eigenvalue weighted by Gasteiger charge is -1.94. The number of rotatable bonds is 1. The molecule has 17 heavy (non-hydrogen) atoms. The number of benzene rings is 1. The zero-order valence-corrected chi connectivity index (χ0v) is 10.2. The lowest BCUT2D eigenvalue weighted by atomic mass is 10.1. The first kappa shape index (κ1) is 10.5. The number of hydrogen-bond donors (Lipinski definition) is 0. The minimum Gasteiger partial charge on any atom is -0.438 e. The Morgan fingerprint density at radius 1 is 1.12 bits per heavy atom. The second kappa shape index (κ2) is 3.96. The largest absolute Gasteiger partial charge is 0.438 e. The Labute approximate surface area is 105 Å². The number of hydrogen-bond acceptors (Lipinski definition) is 2. The normalized spacial score (nSPS) is 10.9. The third-order valence-corrected chi connectivity index (χ3v) is 2.90. The van der Waals surface area contributed by atoms with Gasteiger partial charge in [0, 0.05) is 21.6 Å². The summed E-state index contributed by atoms with van der Waals surface area (Å²) < 4.78 is 19.3. The van der Waals surface area contributed by atoms with Crippen molar-refractivity contribution < 1.29 is 8.81 Å². The van der Waals surface area contributed by atoms with Crippen LogP contribution in [0.5, 0.6) is 0 Å². The molecule has 4 heteroatoms. The van der Waals surface area contributed by atoms with Crippen LogP contribution in [0, 0.1) is 5.82 Å². The average Bonchev–Trinajstić information content (AvgIpc) is 2.72. The van der Waals surface area contributed by atoms with Crippen molar-refractivity contribution in [3.05, 3.63) is 52.9 Å². The van der Waals surface area contributed by atoms with Gasteiger partial charge in [-0.1, -0.05) is 0 Å². The van der Waals surface area contributed by atoms with Gasteiger partial charge < -0.3 is 4.42 Å². The Morgan fingerprint density at radius 2 is 1.88 bits per heavy atom. The number of aromatic nitrogens is 1. The van der Waals surface area contributed by atoms with Crippen molar-refractivity contribution in [1.29, 1.82) is 0 Å². The SMILES string of the molecule is Fc1ccc(-c2cc3cc(Br)cnc3o2)cc1. The van der Waals surface area contributed by atoms with Crippen LogP contribution in [0.25, 0.3) is 22.4 Å². The van der Waals surface area contributed by atoms with E-state index in [4.69, 9.17) is 4.42 Å². The highest BCUT2D eigenvalue weighted by molar-refractivity contribution is 9.10. The Balaban J connectivity index is 2.14. The zero-order chi connectivity index (χ0) is 11.8. The standard InChI is InChI=1S/C13H7BrFNO/c14-10-5-9-6-12(17-13(9)16-7-10)8-1-3-11(15)4-2-8/h1-7H. The summed E-state index contributed by atoms with van der Waals surface area (Å²) in [6, 6.07) is 10.0. The van der Waals surface area contributed by atoms with Crippen molar-refractivity contribution >= 4 is 27.0 Å². The van der Waals surface area contributed by atoms with Crippen molar-refractivity contribution in [1.82, 2.24) is 4.98 Å². The summed E-state index contributed by atoms with van der Waals surface area (Å²) in [5, 5.41) is 0.915. The Hall–Kier alpha value is -1.68. The maximum Gasteiger partial charge on any atom is 0.226 e. The van der Waals surface area contributed by atoms with Crippen molar-refractivity contribution in [3.8, 4) is 11.3 Å². The first-order valence-corrected chi connectivity index (χ1v) is 5.83. The second-order valence-electron chi connectivity index (χ2n) is 3.67. The summed E-state index contributed by atoms with van der Waals surface area (Å²) in [4.78, 5) is 4.16. The third kappa shape index (κ3) is 1.96. The van der Waals surface area contributed by atoms with Crippen molar-refractivity contribution in [3.63, 3.8) is 0 Å². The minimum atomic E-state index is -0.259. The van der Waals surface area contributed by atoms with Gasteiger partial charge in [-0.3, -0.25) is 0 Å².